The van der Waals surface area contributed by atoms with Crippen LogP contribution in [0.5, 0.6) is 0 Å². The van der Waals surface area contributed by atoms with E-state index in [0.717, 1.165) is 38.5 Å². The molecular formula is C90H177NO8. The Morgan fingerprint density at radius 2 is 0.455 bits per heavy atom. The van der Waals surface area contributed by atoms with Crippen LogP contribution in [0.4, 0.5) is 0 Å². The lowest BCUT2D eigenvalue weighted by Gasteiger charge is -2.26. The van der Waals surface area contributed by atoms with Crippen LogP contribution in [0.25, 0.3) is 0 Å². The summed E-state index contributed by atoms with van der Waals surface area (Å²) < 4.78 is 22.9. The van der Waals surface area contributed by atoms with Crippen LogP contribution >= 0.6 is 0 Å². The number of rotatable bonds is 87. The summed E-state index contributed by atoms with van der Waals surface area (Å²) in [5.74, 6) is -2.24. The molecule has 0 rings (SSSR count). The third kappa shape index (κ3) is 83.4. The molecule has 0 radical (unpaired) electrons. The summed E-state index contributed by atoms with van der Waals surface area (Å²) in [4.78, 5) is 37.7. The van der Waals surface area contributed by atoms with Gasteiger partial charge in [0.1, 0.15) is 13.2 Å². The van der Waals surface area contributed by atoms with Crippen molar-refractivity contribution in [1.29, 1.82) is 0 Å². The Kier molecular flexibility index (Phi) is 80.5. The second-order valence-corrected chi connectivity index (χ2v) is 32.6. The molecule has 0 N–H and O–H groups in total. The number of nitrogens with zero attached hydrogens (tertiary/aromatic N) is 1. The molecule has 0 heterocycles. The summed E-state index contributed by atoms with van der Waals surface area (Å²) in [6.45, 7) is 4.87. The van der Waals surface area contributed by atoms with E-state index >= 15 is 0 Å². The summed E-state index contributed by atoms with van der Waals surface area (Å²) in [5.41, 5.74) is 0. The van der Waals surface area contributed by atoms with E-state index in [1.54, 1.807) is 0 Å². The minimum atomic E-state index is -1.62. The summed E-state index contributed by atoms with van der Waals surface area (Å²) in [6.07, 6.45) is 100. The lowest BCUT2D eigenvalue weighted by Crippen LogP contribution is -2.44. The summed E-state index contributed by atoms with van der Waals surface area (Å²) in [5, 5.41) is 11.9. The first-order valence-corrected chi connectivity index (χ1v) is 45.2. The van der Waals surface area contributed by atoms with Crippen LogP contribution in [-0.2, 0) is 33.3 Å². The van der Waals surface area contributed by atoms with Gasteiger partial charge in [0.25, 0.3) is 0 Å². The average molecular weight is 1400 g/mol. The zero-order chi connectivity index (χ0) is 71.8. The van der Waals surface area contributed by atoms with Crippen molar-refractivity contribution in [2.45, 2.75) is 514 Å². The number of likely N-dealkylation sites (N-methyl/N-ethyl adjacent to an activating group) is 1. The van der Waals surface area contributed by atoms with E-state index in [0.29, 0.717) is 17.4 Å². The predicted octanol–water partition coefficient (Wildman–Crippen LogP) is 27.9. The fraction of sp³-hybridized carbons (Fsp3) is 0.967. The van der Waals surface area contributed by atoms with Crippen LogP contribution in [0.3, 0.4) is 0 Å². The van der Waals surface area contributed by atoms with Crippen molar-refractivity contribution in [2.24, 2.45) is 0 Å². The molecule has 0 saturated carbocycles. The first-order valence-electron chi connectivity index (χ1n) is 45.2. The monoisotopic (exact) mass is 1400 g/mol. The van der Waals surface area contributed by atoms with E-state index in [2.05, 4.69) is 13.8 Å². The Morgan fingerprint density at radius 1 is 0.263 bits per heavy atom. The maximum atomic E-state index is 13.0. The minimum Gasteiger partial charge on any atom is -0.545 e. The summed E-state index contributed by atoms with van der Waals surface area (Å²) >= 11 is 0. The highest BCUT2D eigenvalue weighted by Gasteiger charge is 2.22. The Morgan fingerprint density at radius 3 is 0.646 bits per heavy atom. The third-order valence-corrected chi connectivity index (χ3v) is 21.4. The van der Waals surface area contributed by atoms with E-state index in [4.69, 9.17) is 18.9 Å². The number of carbonyl (C=O) groups excluding carboxylic acids is 3. The van der Waals surface area contributed by atoms with E-state index in [-0.39, 0.29) is 32.2 Å². The third-order valence-electron chi connectivity index (χ3n) is 21.4. The van der Waals surface area contributed by atoms with Crippen molar-refractivity contribution in [2.75, 3.05) is 47.5 Å². The molecule has 2 atom stereocenters. The molecule has 9 nitrogen and oxygen atoms in total. The molecule has 0 aliphatic rings. The van der Waals surface area contributed by atoms with Crippen LogP contribution < -0.4 is 5.11 Å². The molecule has 0 bridgehead atoms. The second-order valence-electron chi connectivity index (χ2n) is 32.6. The quantitative estimate of drug-likeness (QED) is 0.0256. The fourth-order valence-electron chi connectivity index (χ4n) is 14.5. The predicted molar refractivity (Wildman–Crippen MR) is 427 cm³/mol. The van der Waals surface area contributed by atoms with Crippen LogP contribution in [0.15, 0.2) is 0 Å². The second kappa shape index (κ2) is 82.0. The van der Waals surface area contributed by atoms with Crippen LogP contribution in [-0.4, -0.2) is 82.3 Å². The van der Waals surface area contributed by atoms with Gasteiger partial charge in [0.15, 0.2) is 12.4 Å². The van der Waals surface area contributed by atoms with Gasteiger partial charge in [-0.25, -0.2) is 0 Å². The van der Waals surface area contributed by atoms with Gasteiger partial charge in [0.2, 0.25) is 0 Å². The smallest absolute Gasteiger partial charge is 0.306 e. The highest BCUT2D eigenvalue weighted by Crippen LogP contribution is 2.22. The highest BCUT2D eigenvalue weighted by atomic mass is 16.7. The molecule has 9 heteroatoms. The number of aliphatic carboxylic acids is 1. The standard InChI is InChI=1S/C90H177NO8/c1-6-8-10-12-14-16-18-20-22-24-26-28-30-32-34-36-38-40-41-42-43-44-45-46-47-49-51-53-55-57-59-61-63-65-67-69-71-73-75-77-79-81-88(93)99-86(85-98-90(89(94)95)96-83-82-91(3,4)5)84-97-87(92)80-78-76-74-72-70-68-66-64-62-60-58-56-54-52-50-48-39-37-35-33-31-29-27-25-23-21-19-17-15-13-11-9-7-2/h86,90H,6-85H2,1-5H3. The van der Waals surface area contributed by atoms with Crippen LogP contribution in [0.2, 0.25) is 0 Å². The fourth-order valence-corrected chi connectivity index (χ4v) is 14.5. The van der Waals surface area contributed by atoms with Crippen molar-refractivity contribution < 1.29 is 42.9 Å². The van der Waals surface area contributed by atoms with Gasteiger partial charge in [0.05, 0.1) is 40.3 Å². The molecule has 0 aromatic rings. The Bertz CT molecular complexity index is 1580. The van der Waals surface area contributed by atoms with Gasteiger partial charge in [-0.15, -0.1) is 0 Å². The van der Waals surface area contributed by atoms with Crippen LogP contribution in [0.1, 0.15) is 502 Å². The van der Waals surface area contributed by atoms with Crippen molar-refractivity contribution in [3.63, 3.8) is 0 Å². The number of hydrogen-bond donors (Lipinski definition) is 0. The molecule has 0 aromatic carbocycles. The molecule has 0 aliphatic heterocycles. The van der Waals surface area contributed by atoms with Gasteiger partial charge in [-0.2, -0.15) is 0 Å². The first kappa shape index (κ1) is 97.3. The van der Waals surface area contributed by atoms with Crippen molar-refractivity contribution in [1.82, 2.24) is 0 Å². The Hall–Kier alpha value is -1.71. The van der Waals surface area contributed by atoms with Crippen LogP contribution in [0, 0.1) is 0 Å². The largest absolute Gasteiger partial charge is 0.545 e. The maximum absolute atomic E-state index is 13.0. The SMILES string of the molecule is CCCCCCCCCCCCCCCCCCCCCCCCCCCCCCCCCCCCCCCCCCCC(=O)OC(COC(=O)CCCCCCCCCCCCCCCCCCCCCCCCCCCCCCCCCCC)COC(OCC[N+](C)(C)C)C(=O)[O-]. The van der Waals surface area contributed by atoms with E-state index in [1.807, 2.05) is 21.1 Å². The molecular weight excluding hydrogens is 1220 g/mol. The van der Waals surface area contributed by atoms with Gasteiger partial charge in [-0.3, -0.25) is 9.59 Å². The Labute approximate surface area is 619 Å². The van der Waals surface area contributed by atoms with E-state index in [1.165, 1.54) is 437 Å². The number of quaternary nitrogens is 1. The van der Waals surface area contributed by atoms with E-state index in [9.17, 15) is 19.5 Å². The molecule has 0 spiro atoms. The Balaban J connectivity index is 3.86. The van der Waals surface area contributed by atoms with Gasteiger partial charge in [-0.05, 0) is 12.8 Å². The molecule has 0 fully saturated rings. The number of ether oxygens (including phenoxy) is 4. The first-order chi connectivity index (χ1) is 48.6. The molecule has 590 valence electrons. The van der Waals surface area contributed by atoms with Gasteiger partial charge < -0.3 is 33.3 Å². The minimum absolute atomic E-state index is 0.154. The molecule has 0 saturated heterocycles. The molecule has 2 unspecified atom stereocenters. The zero-order valence-corrected chi connectivity index (χ0v) is 67.9. The summed E-state index contributed by atoms with van der Waals surface area (Å²) in [6, 6.07) is 0. The molecule has 0 amide bonds. The van der Waals surface area contributed by atoms with E-state index < -0.39 is 24.3 Å². The summed E-state index contributed by atoms with van der Waals surface area (Å²) in [7, 11) is 5.96. The number of carboxylic acids is 1. The highest BCUT2D eigenvalue weighted by molar-refractivity contribution is 5.70. The zero-order valence-electron chi connectivity index (χ0n) is 67.9. The number of hydrogen-bond acceptors (Lipinski definition) is 8. The van der Waals surface area contributed by atoms with Crippen molar-refractivity contribution >= 4 is 17.9 Å². The molecule has 99 heavy (non-hydrogen) atoms. The molecule has 0 aromatic heterocycles. The lowest BCUT2D eigenvalue weighted by atomic mass is 10.0. The van der Waals surface area contributed by atoms with Gasteiger partial charge in [-0.1, -0.05) is 476 Å². The van der Waals surface area contributed by atoms with Crippen molar-refractivity contribution in [3.8, 4) is 0 Å². The molecule has 0 aliphatic carbocycles. The average Bonchev–Trinajstić information content (AvgIpc) is 2.62. The number of carboxylic acid groups (broad SMARTS) is 1. The topological polar surface area (TPSA) is 111 Å². The number of unbranched alkanes of at least 4 members (excludes halogenated alkanes) is 72. The van der Waals surface area contributed by atoms with Crippen molar-refractivity contribution in [3.05, 3.63) is 0 Å². The normalized spacial score (nSPS) is 12.5. The lowest BCUT2D eigenvalue weighted by molar-refractivity contribution is -0.870. The van der Waals surface area contributed by atoms with Gasteiger partial charge in [0, 0.05) is 12.8 Å². The number of carbonyl (C=O) groups is 3. The maximum Gasteiger partial charge on any atom is 0.306 e. The number of esters is 2. The van der Waals surface area contributed by atoms with Gasteiger partial charge >= 0.3 is 11.9 Å².